The summed E-state index contributed by atoms with van der Waals surface area (Å²) in [7, 11) is 0. The first kappa shape index (κ1) is 15.6. The predicted molar refractivity (Wildman–Crippen MR) is 81.5 cm³/mol. The molecule has 0 atom stereocenters. The van der Waals surface area contributed by atoms with Crippen LogP contribution in [0.2, 0.25) is 0 Å². The van der Waals surface area contributed by atoms with Crippen LogP contribution < -0.4 is 5.73 Å². The van der Waals surface area contributed by atoms with Crippen molar-refractivity contribution >= 4 is 11.7 Å². The first-order valence-electron chi connectivity index (χ1n) is 6.34. The van der Waals surface area contributed by atoms with Gasteiger partial charge in [0.05, 0.1) is 6.42 Å². The summed E-state index contributed by atoms with van der Waals surface area (Å²) in [6.45, 7) is 7.16. The number of primary amides is 1. The van der Waals surface area contributed by atoms with E-state index in [-0.39, 0.29) is 12.2 Å². The Kier molecular flexibility index (Phi) is 5.66. The van der Waals surface area contributed by atoms with E-state index in [9.17, 15) is 9.59 Å². The number of amides is 1. The largest absolute Gasteiger partial charge is 0.369 e. The van der Waals surface area contributed by atoms with Crippen LogP contribution in [0.1, 0.15) is 28.4 Å². The van der Waals surface area contributed by atoms with Crippen LogP contribution in [0, 0.1) is 6.92 Å². The van der Waals surface area contributed by atoms with E-state index in [1.165, 1.54) is 0 Å². The van der Waals surface area contributed by atoms with E-state index in [1.807, 2.05) is 13.0 Å². The molecule has 0 saturated heterocycles. The van der Waals surface area contributed by atoms with Crippen molar-refractivity contribution in [1.82, 2.24) is 0 Å². The molecule has 3 heteroatoms. The highest BCUT2D eigenvalue weighted by molar-refractivity contribution is 6.09. The standard InChI is InChI=1S/C17H19NO2/c1-4-5-6-8-12(2)17(20)15-10-7-9-14(13(15)3)11-16(18)19/h4-10H,1,11H2,2-3H3,(H2,18,19)/b6-5-,12-8+. The molecule has 1 aromatic carbocycles. The summed E-state index contributed by atoms with van der Waals surface area (Å²) in [5.41, 5.74) is 8.03. The minimum absolute atomic E-state index is 0.0532. The molecule has 3 nitrogen and oxygen atoms in total. The van der Waals surface area contributed by atoms with Gasteiger partial charge in [0.2, 0.25) is 5.91 Å². The van der Waals surface area contributed by atoms with Crippen molar-refractivity contribution in [2.24, 2.45) is 5.73 Å². The first-order chi connectivity index (χ1) is 9.47. The lowest BCUT2D eigenvalue weighted by molar-refractivity contribution is -0.117. The number of carbonyl (C=O) groups excluding carboxylic acids is 2. The maximum atomic E-state index is 12.4. The van der Waals surface area contributed by atoms with Gasteiger partial charge in [-0.3, -0.25) is 9.59 Å². The molecule has 0 radical (unpaired) electrons. The zero-order valence-corrected chi connectivity index (χ0v) is 11.8. The maximum Gasteiger partial charge on any atom is 0.221 e. The van der Waals surface area contributed by atoms with E-state index >= 15 is 0 Å². The van der Waals surface area contributed by atoms with Crippen LogP contribution in [0.25, 0.3) is 0 Å². The second-order valence-corrected chi connectivity index (χ2v) is 4.53. The number of hydrogen-bond donors (Lipinski definition) is 1. The van der Waals surface area contributed by atoms with Crippen molar-refractivity contribution in [1.29, 1.82) is 0 Å². The molecule has 0 aliphatic heterocycles. The summed E-state index contributed by atoms with van der Waals surface area (Å²) >= 11 is 0. The fourth-order valence-corrected chi connectivity index (χ4v) is 1.88. The van der Waals surface area contributed by atoms with Gasteiger partial charge in [0, 0.05) is 5.56 Å². The molecule has 20 heavy (non-hydrogen) atoms. The number of Topliss-reactive ketones (excluding diaryl/α,β-unsaturated/α-hetero) is 1. The van der Waals surface area contributed by atoms with Crippen molar-refractivity contribution < 1.29 is 9.59 Å². The fourth-order valence-electron chi connectivity index (χ4n) is 1.88. The molecule has 1 amide bonds. The summed E-state index contributed by atoms with van der Waals surface area (Å²) < 4.78 is 0. The van der Waals surface area contributed by atoms with Gasteiger partial charge in [-0.05, 0) is 30.5 Å². The van der Waals surface area contributed by atoms with Crippen molar-refractivity contribution in [2.75, 3.05) is 0 Å². The average molecular weight is 269 g/mol. The van der Waals surface area contributed by atoms with Gasteiger partial charge < -0.3 is 5.73 Å². The van der Waals surface area contributed by atoms with Crippen LogP contribution in [-0.4, -0.2) is 11.7 Å². The number of carbonyl (C=O) groups is 2. The van der Waals surface area contributed by atoms with E-state index in [0.29, 0.717) is 11.1 Å². The fraction of sp³-hybridized carbons (Fsp3) is 0.176. The number of rotatable bonds is 6. The van der Waals surface area contributed by atoms with Gasteiger partial charge in [-0.15, -0.1) is 0 Å². The summed E-state index contributed by atoms with van der Waals surface area (Å²) in [5, 5.41) is 0. The smallest absolute Gasteiger partial charge is 0.221 e. The number of ketones is 1. The summed E-state index contributed by atoms with van der Waals surface area (Å²) in [6.07, 6.45) is 7.05. The molecule has 0 aliphatic rings. The highest BCUT2D eigenvalue weighted by atomic mass is 16.1. The van der Waals surface area contributed by atoms with E-state index in [0.717, 1.165) is 11.1 Å². The van der Waals surface area contributed by atoms with Gasteiger partial charge in [-0.2, -0.15) is 0 Å². The summed E-state index contributed by atoms with van der Waals surface area (Å²) in [4.78, 5) is 23.4. The Hall–Kier alpha value is -2.42. The summed E-state index contributed by atoms with van der Waals surface area (Å²) in [6, 6.07) is 5.34. The molecular weight excluding hydrogens is 250 g/mol. The Balaban J connectivity index is 3.10. The maximum absolute atomic E-state index is 12.4. The van der Waals surface area contributed by atoms with Crippen LogP contribution in [0.3, 0.4) is 0 Å². The number of hydrogen-bond acceptors (Lipinski definition) is 2. The number of nitrogens with two attached hydrogens (primary N) is 1. The van der Waals surface area contributed by atoms with Crippen LogP contribution in [0.4, 0.5) is 0 Å². The van der Waals surface area contributed by atoms with Crippen molar-refractivity contribution in [2.45, 2.75) is 20.3 Å². The first-order valence-corrected chi connectivity index (χ1v) is 6.34. The summed E-state index contributed by atoms with van der Waals surface area (Å²) in [5.74, 6) is -0.457. The minimum atomic E-state index is -0.404. The van der Waals surface area contributed by atoms with Gasteiger partial charge in [-0.25, -0.2) is 0 Å². The molecule has 0 aromatic heterocycles. The topological polar surface area (TPSA) is 60.2 Å². The Morgan fingerprint density at radius 3 is 2.60 bits per heavy atom. The second-order valence-electron chi connectivity index (χ2n) is 4.53. The van der Waals surface area contributed by atoms with Crippen LogP contribution in [-0.2, 0) is 11.2 Å². The second kappa shape index (κ2) is 7.24. The molecule has 0 saturated carbocycles. The Labute approximate surface area is 119 Å². The normalized spacial score (nSPS) is 11.6. The molecule has 1 aromatic rings. The third kappa shape index (κ3) is 4.05. The third-order valence-electron chi connectivity index (χ3n) is 3.01. The Morgan fingerprint density at radius 2 is 2.00 bits per heavy atom. The van der Waals surface area contributed by atoms with Crippen molar-refractivity contribution in [3.8, 4) is 0 Å². The van der Waals surface area contributed by atoms with E-state index in [4.69, 9.17) is 5.73 Å². The molecule has 0 heterocycles. The average Bonchev–Trinajstić information content (AvgIpc) is 2.40. The lowest BCUT2D eigenvalue weighted by Crippen LogP contribution is -2.15. The van der Waals surface area contributed by atoms with Crippen molar-refractivity contribution in [3.63, 3.8) is 0 Å². The van der Waals surface area contributed by atoms with E-state index < -0.39 is 5.91 Å². The van der Waals surface area contributed by atoms with Crippen molar-refractivity contribution in [3.05, 3.63) is 71.3 Å². The van der Waals surface area contributed by atoms with E-state index in [1.54, 1.807) is 43.4 Å². The molecule has 0 unspecified atom stereocenters. The monoisotopic (exact) mass is 269 g/mol. The quantitative estimate of drug-likeness (QED) is 0.490. The Morgan fingerprint density at radius 1 is 1.30 bits per heavy atom. The third-order valence-corrected chi connectivity index (χ3v) is 3.01. The predicted octanol–water partition coefficient (Wildman–Crippen LogP) is 2.89. The molecular formula is C17H19NO2. The van der Waals surface area contributed by atoms with Gasteiger partial charge in [0.15, 0.2) is 5.78 Å². The van der Waals surface area contributed by atoms with Crippen LogP contribution in [0.5, 0.6) is 0 Å². The van der Waals surface area contributed by atoms with Crippen LogP contribution >= 0.6 is 0 Å². The lowest BCUT2D eigenvalue weighted by atomic mass is 9.94. The Bertz CT molecular complexity index is 595. The minimum Gasteiger partial charge on any atom is -0.369 e. The van der Waals surface area contributed by atoms with E-state index in [2.05, 4.69) is 6.58 Å². The molecule has 0 bridgehead atoms. The molecule has 0 spiro atoms. The molecule has 2 N–H and O–H groups in total. The molecule has 104 valence electrons. The zero-order valence-electron chi connectivity index (χ0n) is 11.8. The number of benzene rings is 1. The van der Waals surface area contributed by atoms with Gasteiger partial charge in [0.25, 0.3) is 0 Å². The molecule has 0 aliphatic carbocycles. The van der Waals surface area contributed by atoms with Gasteiger partial charge in [-0.1, -0.05) is 49.1 Å². The SMILES string of the molecule is C=C/C=C\C=C(/C)C(=O)c1cccc(CC(N)=O)c1C. The lowest BCUT2D eigenvalue weighted by Gasteiger charge is -2.09. The number of allylic oxidation sites excluding steroid dienone is 5. The van der Waals surface area contributed by atoms with Gasteiger partial charge >= 0.3 is 0 Å². The molecule has 1 rings (SSSR count). The van der Waals surface area contributed by atoms with Gasteiger partial charge in [0.1, 0.15) is 0 Å². The highest BCUT2D eigenvalue weighted by Gasteiger charge is 2.13. The molecule has 0 fully saturated rings. The van der Waals surface area contributed by atoms with Crippen LogP contribution in [0.15, 0.2) is 54.7 Å². The zero-order chi connectivity index (χ0) is 15.1. The highest BCUT2D eigenvalue weighted by Crippen LogP contribution is 2.18.